The van der Waals surface area contributed by atoms with Crippen molar-refractivity contribution in [2.75, 3.05) is 31.9 Å². The lowest BCUT2D eigenvalue weighted by Gasteiger charge is -2.33. The van der Waals surface area contributed by atoms with E-state index in [1.165, 1.54) is 0 Å². The Balaban J connectivity index is 2.43. The number of rotatable bonds is 4. The number of hydrogen-bond acceptors (Lipinski definition) is 4. The molecule has 0 amide bonds. The number of piperazine rings is 1. The smallest absolute Gasteiger partial charge is 0.141 e. The summed E-state index contributed by atoms with van der Waals surface area (Å²) in [6, 6.07) is 0.114. The lowest BCUT2D eigenvalue weighted by molar-refractivity contribution is 0.187. The minimum atomic E-state index is -2.27. The van der Waals surface area contributed by atoms with E-state index in [-0.39, 0.29) is 11.8 Å². The maximum atomic E-state index is 10.6. The Morgan fingerprint density at radius 2 is 2.00 bits per heavy atom. The van der Waals surface area contributed by atoms with Crippen LogP contribution in [-0.4, -0.2) is 51.3 Å². The molecule has 0 spiro atoms. The number of thiol groups is 1. The molecule has 1 saturated heterocycles. The first kappa shape index (κ1) is 10.9. The predicted molar refractivity (Wildman–Crippen MR) is 53.4 cm³/mol. The van der Waals surface area contributed by atoms with E-state index in [2.05, 4.69) is 17.1 Å². The van der Waals surface area contributed by atoms with E-state index in [4.69, 9.17) is 0 Å². The molecular formula is C8H17N2O2S. The molecule has 1 fully saturated rings. The molecule has 4 nitrogen and oxygen atoms in total. The standard InChI is InChI=1S/C8H17N2O2S/c1-2-8(7-13(11)12)10-5-3-9-4-6-10/h8-9,13H,1-7H2. The molecule has 5 heteroatoms. The van der Waals surface area contributed by atoms with Gasteiger partial charge in [-0.15, -0.1) is 0 Å². The normalized spacial score (nSPS) is 22.0. The van der Waals surface area contributed by atoms with Gasteiger partial charge in [0.25, 0.3) is 0 Å². The highest BCUT2D eigenvalue weighted by atomic mass is 32.2. The Morgan fingerprint density at radius 1 is 1.38 bits per heavy atom. The Morgan fingerprint density at radius 3 is 2.46 bits per heavy atom. The third kappa shape index (κ3) is 3.62. The van der Waals surface area contributed by atoms with Crippen LogP contribution in [0.5, 0.6) is 0 Å². The van der Waals surface area contributed by atoms with Gasteiger partial charge >= 0.3 is 0 Å². The van der Waals surface area contributed by atoms with Gasteiger partial charge in [-0.05, 0) is 6.42 Å². The lowest BCUT2D eigenvalue weighted by atomic mass is 10.2. The Hall–Kier alpha value is -0.130. The van der Waals surface area contributed by atoms with Crippen molar-refractivity contribution in [3.05, 3.63) is 6.92 Å². The van der Waals surface area contributed by atoms with Gasteiger partial charge in [-0.3, -0.25) is 4.90 Å². The Bertz CT molecular complexity index is 204. The maximum Gasteiger partial charge on any atom is 0.141 e. The van der Waals surface area contributed by atoms with Gasteiger partial charge in [0.05, 0.1) is 5.75 Å². The summed E-state index contributed by atoms with van der Waals surface area (Å²) in [6.45, 7) is 7.55. The molecule has 0 bridgehead atoms. The Kier molecular flexibility index (Phi) is 4.69. The first-order chi connectivity index (χ1) is 6.24. The zero-order valence-electron chi connectivity index (χ0n) is 7.74. The third-order valence-electron chi connectivity index (χ3n) is 2.36. The summed E-state index contributed by atoms with van der Waals surface area (Å²) in [5.41, 5.74) is 0. The fourth-order valence-corrected chi connectivity index (χ4v) is 2.37. The van der Waals surface area contributed by atoms with Gasteiger partial charge in [0.1, 0.15) is 10.7 Å². The number of hydrogen-bond donors (Lipinski definition) is 2. The van der Waals surface area contributed by atoms with Crippen molar-refractivity contribution in [3.63, 3.8) is 0 Å². The average molecular weight is 205 g/mol. The molecule has 0 aliphatic carbocycles. The maximum absolute atomic E-state index is 10.6. The summed E-state index contributed by atoms with van der Waals surface area (Å²) >= 11 is 0. The van der Waals surface area contributed by atoms with Crippen LogP contribution in [0.2, 0.25) is 0 Å². The van der Waals surface area contributed by atoms with Gasteiger partial charge in [-0.1, -0.05) is 6.92 Å². The second kappa shape index (κ2) is 5.57. The van der Waals surface area contributed by atoms with Gasteiger partial charge in [-0.25, -0.2) is 8.42 Å². The van der Waals surface area contributed by atoms with Gasteiger partial charge in [0.2, 0.25) is 0 Å². The summed E-state index contributed by atoms with van der Waals surface area (Å²) in [7, 11) is -2.27. The highest BCUT2D eigenvalue weighted by Crippen LogP contribution is 2.05. The molecule has 1 aliphatic rings. The molecule has 1 atom stereocenters. The molecule has 0 aromatic heterocycles. The number of nitrogens with zero attached hydrogens (tertiary/aromatic N) is 1. The van der Waals surface area contributed by atoms with Crippen molar-refractivity contribution in [2.24, 2.45) is 0 Å². The van der Waals surface area contributed by atoms with Gasteiger partial charge in [-0.2, -0.15) is 0 Å². The molecule has 13 heavy (non-hydrogen) atoms. The summed E-state index contributed by atoms with van der Waals surface area (Å²) in [4.78, 5) is 2.20. The molecule has 77 valence electrons. The SMILES string of the molecule is [CH2]CC(C[SH](=O)=O)N1CCNCC1. The van der Waals surface area contributed by atoms with Crippen LogP contribution in [0.4, 0.5) is 0 Å². The van der Waals surface area contributed by atoms with Crippen LogP contribution in [0.25, 0.3) is 0 Å². The molecular weight excluding hydrogens is 188 g/mol. The minimum absolute atomic E-state index is 0.114. The van der Waals surface area contributed by atoms with E-state index in [9.17, 15) is 8.42 Å². The summed E-state index contributed by atoms with van der Waals surface area (Å²) in [5, 5.41) is 3.23. The van der Waals surface area contributed by atoms with Crippen LogP contribution in [-0.2, 0) is 10.7 Å². The molecule has 0 aromatic rings. The highest BCUT2D eigenvalue weighted by molar-refractivity contribution is 7.72. The predicted octanol–water partition coefficient (Wildman–Crippen LogP) is -0.904. The van der Waals surface area contributed by atoms with Crippen molar-refractivity contribution in [1.82, 2.24) is 10.2 Å². The van der Waals surface area contributed by atoms with Gasteiger partial charge in [0.15, 0.2) is 0 Å². The fourth-order valence-electron chi connectivity index (χ4n) is 1.61. The molecule has 1 rings (SSSR count). The molecule has 1 aliphatic heterocycles. The first-order valence-corrected chi connectivity index (χ1v) is 5.96. The molecule has 1 unspecified atom stereocenters. The van der Waals surface area contributed by atoms with Crippen molar-refractivity contribution in [1.29, 1.82) is 0 Å². The average Bonchev–Trinajstić information content (AvgIpc) is 2.15. The van der Waals surface area contributed by atoms with Crippen LogP contribution in [0, 0.1) is 6.92 Å². The molecule has 1 radical (unpaired) electrons. The van der Waals surface area contributed by atoms with Crippen LogP contribution in [0.15, 0.2) is 0 Å². The van der Waals surface area contributed by atoms with Crippen LogP contribution in [0.3, 0.4) is 0 Å². The van der Waals surface area contributed by atoms with Crippen LogP contribution >= 0.6 is 0 Å². The van der Waals surface area contributed by atoms with E-state index in [1.807, 2.05) is 0 Å². The van der Waals surface area contributed by atoms with E-state index < -0.39 is 10.7 Å². The highest BCUT2D eigenvalue weighted by Gasteiger charge is 2.19. The van der Waals surface area contributed by atoms with Crippen molar-refractivity contribution < 1.29 is 8.42 Å². The number of nitrogens with one attached hydrogen (secondary N) is 1. The largest absolute Gasteiger partial charge is 0.314 e. The quantitative estimate of drug-likeness (QED) is 0.584. The monoisotopic (exact) mass is 205 g/mol. The van der Waals surface area contributed by atoms with E-state index in [0.29, 0.717) is 6.42 Å². The van der Waals surface area contributed by atoms with E-state index in [1.54, 1.807) is 0 Å². The minimum Gasteiger partial charge on any atom is -0.314 e. The molecule has 1 heterocycles. The van der Waals surface area contributed by atoms with Crippen molar-refractivity contribution in [2.45, 2.75) is 12.5 Å². The molecule has 0 aromatic carbocycles. The third-order valence-corrected chi connectivity index (χ3v) is 3.08. The van der Waals surface area contributed by atoms with Gasteiger partial charge in [0, 0.05) is 32.2 Å². The van der Waals surface area contributed by atoms with E-state index >= 15 is 0 Å². The summed E-state index contributed by atoms with van der Waals surface area (Å²) in [6.07, 6.45) is 0.670. The molecule has 0 saturated carbocycles. The lowest BCUT2D eigenvalue weighted by Crippen LogP contribution is -2.49. The molecule has 1 N–H and O–H groups in total. The van der Waals surface area contributed by atoms with Gasteiger partial charge < -0.3 is 5.32 Å². The zero-order chi connectivity index (χ0) is 9.68. The second-order valence-corrected chi connectivity index (χ2v) is 4.27. The zero-order valence-corrected chi connectivity index (χ0v) is 8.63. The summed E-state index contributed by atoms with van der Waals surface area (Å²) < 4.78 is 21.2. The van der Waals surface area contributed by atoms with Crippen molar-refractivity contribution in [3.8, 4) is 0 Å². The fraction of sp³-hybridized carbons (Fsp3) is 0.875. The van der Waals surface area contributed by atoms with Crippen molar-refractivity contribution >= 4 is 10.7 Å². The van der Waals surface area contributed by atoms with Crippen LogP contribution < -0.4 is 5.32 Å². The summed E-state index contributed by atoms with van der Waals surface area (Å²) in [5.74, 6) is 0.249. The second-order valence-electron chi connectivity index (χ2n) is 3.24. The Labute approximate surface area is 81.3 Å². The van der Waals surface area contributed by atoms with E-state index in [0.717, 1.165) is 26.2 Å². The topological polar surface area (TPSA) is 49.4 Å². The first-order valence-electron chi connectivity index (χ1n) is 4.60. The van der Waals surface area contributed by atoms with Crippen LogP contribution in [0.1, 0.15) is 6.42 Å².